The average Bonchev–Trinajstić information content (AvgIpc) is 2.31. The molecule has 0 atom stereocenters. The first-order valence-electron chi connectivity index (χ1n) is 6.81. The molecule has 1 aliphatic rings. The van der Waals surface area contributed by atoms with Crippen molar-refractivity contribution in [3.05, 3.63) is 29.6 Å². The summed E-state index contributed by atoms with van der Waals surface area (Å²) in [5.41, 5.74) is 0.321. The molecule has 0 aliphatic carbocycles. The number of carbonyl (C=O) groups is 1. The number of carbonyl (C=O) groups excluding carboxylic acids is 1. The second kappa shape index (κ2) is 5.50. The first-order chi connectivity index (χ1) is 9.30. The number of aryl methyl sites for hydroxylation is 1. The Kier molecular flexibility index (Phi) is 4.11. The number of nitrogens with one attached hydrogen (secondary N) is 1. The number of halogens is 1. The van der Waals surface area contributed by atoms with Gasteiger partial charge in [-0.25, -0.2) is 4.39 Å². The molecule has 0 spiro atoms. The Morgan fingerprint density at radius 1 is 1.50 bits per heavy atom. The molecule has 2 rings (SSSR count). The van der Waals surface area contributed by atoms with E-state index in [2.05, 4.69) is 5.32 Å². The van der Waals surface area contributed by atoms with Crippen LogP contribution in [0.2, 0.25) is 0 Å². The molecule has 1 heterocycles. The van der Waals surface area contributed by atoms with Gasteiger partial charge < -0.3 is 10.4 Å². The predicted molar refractivity (Wildman–Crippen MR) is 76.0 cm³/mol. The van der Waals surface area contributed by atoms with Crippen LogP contribution in [-0.4, -0.2) is 41.1 Å². The molecule has 1 aromatic rings. The van der Waals surface area contributed by atoms with Crippen LogP contribution in [0.5, 0.6) is 0 Å². The van der Waals surface area contributed by atoms with Gasteiger partial charge in [-0.05, 0) is 30.5 Å². The third-order valence-electron chi connectivity index (χ3n) is 3.89. The lowest BCUT2D eigenvalue weighted by Crippen LogP contribution is -2.65. The number of β-amino-alcohol motifs (C(OH)–C–C–N with tert-alkyl or cyclic N) is 1. The van der Waals surface area contributed by atoms with Gasteiger partial charge in [0.1, 0.15) is 5.82 Å². The van der Waals surface area contributed by atoms with Gasteiger partial charge in [0.25, 0.3) is 0 Å². The van der Waals surface area contributed by atoms with Gasteiger partial charge in [0.05, 0.1) is 12.1 Å². The van der Waals surface area contributed by atoms with Crippen molar-refractivity contribution in [2.75, 3.05) is 25.0 Å². The van der Waals surface area contributed by atoms with Crippen LogP contribution in [0.3, 0.4) is 0 Å². The van der Waals surface area contributed by atoms with E-state index in [4.69, 9.17) is 0 Å². The van der Waals surface area contributed by atoms with Crippen molar-refractivity contribution in [2.24, 2.45) is 5.92 Å². The van der Waals surface area contributed by atoms with Crippen molar-refractivity contribution in [3.8, 4) is 0 Å². The number of amides is 1. The highest BCUT2D eigenvalue weighted by molar-refractivity contribution is 5.92. The molecule has 0 radical (unpaired) electrons. The number of hydrogen-bond donors (Lipinski definition) is 2. The van der Waals surface area contributed by atoms with Crippen LogP contribution >= 0.6 is 0 Å². The molecule has 1 saturated heterocycles. The Morgan fingerprint density at radius 2 is 2.15 bits per heavy atom. The van der Waals surface area contributed by atoms with Gasteiger partial charge in [0.15, 0.2) is 0 Å². The van der Waals surface area contributed by atoms with Crippen LogP contribution in [0, 0.1) is 18.7 Å². The third-order valence-corrected chi connectivity index (χ3v) is 3.89. The minimum Gasteiger partial charge on any atom is -0.387 e. The number of aliphatic hydroxyl groups is 1. The molecule has 0 bridgehead atoms. The highest BCUT2D eigenvalue weighted by Crippen LogP contribution is 2.28. The summed E-state index contributed by atoms with van der Waals surface area (Å²) in [5.74, 6) is -0.354. The van der Waals surface area contributed by atoms with E-state index in [-0.39, 0.29) is 24.2 Å². The van der Waals surface area contributed by atoms with E-state index in [1.807, 2.05) is 18.7 Å². The molecule has 110 valence electrons. The van der Waals surface area contributed by atoms with Crippen molar-refractivity contribution in [2.45, 2.75) is 26.4 Å². The monoisotopic (exact) mass is 280 g/mol. The largest absolute Gasteiger partial charge is 0.387 e. The average molecular weight is 280 g/mol. The van der Waals surface area contributed by atoms with Gasteiger partial charge in [-0.3, -0.25) is 9.69 Å². The SMILES string of the molecule is Cc1ccc(NC(=O)CN2CC(O)(C(C)C)C2)cc1F. The molecule has 0 saturated carbocycles. The van der Waals surface area contributed by atoms with Gasteiger partial charge >= 0.3 is 0 Å². The molecule has 0 aromatic heterocycles. The Bertz CT molecular complexity index is 511. The lowest BCUT2D eigenvalue weighted by atomic mass is 9.83. The van der Waals surface area contributed by atoms with Crippen molar-refractivity contribution in [3.63, 3.8) is 0 Å². The summed E-state index contributed by atoms with van der Waals surface area (Å²) in [7, 11) is 0. The summed E-state index contributed by atoms with van der Waals surface area (Å²) < 4.78 is 13.4. The minimum absolute atomic E-state index is 0.174. The molecule has 5 heteroatoms. The zero-order valence-corrected chi connectivity index (χ0v) is 12.1. The van der Waals surface area contributed by atoms with Crippen LogP contribution in [0.15, 0.2) is 18.2 Å². The summed E-state index contributed by atoms with van der Waals surface area (Å²) in [6.07, 6.45) is 0. The Morgan fingerprint density at radius 3 is 2.70 bits per heavy atom. The van der Waals surface area contributed by atoms with Gasteiger partial charge in [0.2, 0.25) is 5.91 Å². The predicted octanol–water partition coefficient (Wildman–Crippen LogP) is 1.78. The van der Waals surface area contributed by atoms with Crippen LogP contribution in [-0.2, 0) is 4.79 Å². The van der Waals surface area contributed by atoms with E-state index in [0.29, 0.717) is 24.3 Å². The molecular weight excluding hydrogens is 259 g/mol. The van der Waals surface area contributed by atoms with E-state index in [0.717, 1.165) is 0 Å². The zero-order chi connectivity index (χ0) is 14.9. The quantitative estimate of drug-likeness (QED) is 0.884. The van der Waals surface area contributed by atoms with Crippen LogP contribution in [0.25, 0.3) is 0 Å². The molecule has 1 fully saturated rings. The Hall–Kier alpha value is -1.46. The van der Waals surface area contributed by atoms with E-state index in [9.17, 15) is 14.3 Å². The fourth-order valence-electron chi connectivity index (χ4n) is 2.28. The molecule has 4 nitrogen and oxygen atoms in total. The van der Waals surface area contributed by atoms with Crippen molar-refractivity contribution >= 4 is 11.6 Å². The molecule has 1 amide bonds. The van der Waals surface area contributed by atoms with E-state index >= 15 is 0 Å². The number of anilines is 1. The van der Waals surface area contributed by atoms with Crippen LogP contribution < -0.4 is 5.32 Å². The molecular formula is C15H21FN2O2. The highest BCUT2D eigenvalue weighted by Gasteiger charge is 2.43. The summed E-state index contributed by atoms with van der Waals surface area (Å²) in [5, 5.41) is 12.8. The summed E-state index contributed by atoms with van der Waals surface area (Å²) in [6, 6.07) is 4.62. The van der Waals surface area contributed by atoms with Gasteiger partial charge in [-0.2, -0.15) is 0 Å². The van der Waals surface area contributed by atoms with E-state index < -0.39 is 5.60 Å². The van der Waals surface area contributed by atoms with E-state index in [1.54, 1.807) is 19.1 Å². The summed E-state index contributed by atoms with van der Waals surface area (Å²) in [4.78, 5) is 13.7. The lowest BCUT2D eigenvalue weighted by molar-refractivity contribution is -0.139. The minimum atomic E-state index is -0.684. The lowest BCUT2D eigenvalue weighted by Gasteiger charge is -2.48. The number of rotatable bonds is 4. The number of likely N-dealkylation sites (tertiary alicyclic amines) is 1. The van der Waals surface area contributed by atoms with Gasteiger partial charge in [-0.15, -0.1) is 0 Å². The second-order valence-corrected chi connectivity index (χ2v) is 5.92. The highest BCUT2D eigenvalue weighted by atomic mass is 19.1. The summed E-state index contributed by atoms with van der Waals surface area (Å²) in [6.45, 7) is 6.82. The first kappa shape index (κ1) is 14.9. The molecule has 1 aromatic carbocycles. The first-order valence-corrected chi connectivity index (χ1v) is 6.81. The molecule has 0 unspecified atom stereocenters. The fourth-order valence-corrected chi connectivity index (χ4v) is 2.28. The Balaban J connectivity index is 1.84. The van der Waals surface area contributed by atoms with Crippen LogP contribution in [0.1, 0.15) is 19.4 Å². The fraction of sp³-hybridized carbons (Fsp3) is 0.533. The van der Waals surface area contributed by atoms with E-state index in [1.165, 1.54) is 6.07 Å². The number of benzene rings is 1. The molecule has 1 aliphatic heterocycles. The number of hydrogen-bond acceptors (Lipinski definition) is 3. The normalized spacial score (nSPS) is 17.9. The Labute approximate surface area is 118 Å². The third kappa shape index (κ3) is 3.16. The summed E-state index contributed by atoms with van der Waals surface area (Å²) >= 11 is 0. The molecule has 2 N–H and O–H groups in total. The second-order valence-electron chi connectivity index (χ2n) is 5.92. The molecule has 20 heavy (non-hydrogen) atoms. The van der Waals surface area contributed by atoms with Crippen LogP contribution in [0.4, 0.5) is 10.1 Å². The smallest absolute Gasteiger partial charge is 0.238 e. The zero-order valence-electron chi connectivity index (χ0n) is 12.1. The van der Waals surface area contributed by atoms with Gasteiger partial charge in [0, 0.05) is 18.8 Å². The van der Waals surface area contributed by atoms with Crippen molar-refractivity contribution in [1.82, 2.24) is 4.90 Å². The van der Waals surface area contributed by atoms with Crippen molar-refractivity contribution < 1.29 is 14.3 Å². The standard InChI is InChI=1S/C15H21FN2O2/c1-10(2)15(20)8-18(9-15)7-14(19)17-12-5-4-11(3)13(16)6-12/h4-6,10,20H,7-9H2,1-3H3,(H,17,19). The maximum absolute atomic E-state index is 13.4. The number of nitrogens with zero attached hydrogens (tertiary/aromatic N) is 1. The van der Waals surface area contributed by atoms with Gasteiger partial charge in [-0.1, -0.05) is 19.9 Å². The maximum Gasteiger partial charge on any atom is 0.238 e. The maximum atomic E-state index is 13.4. The van der Waals surface area contributed by atoms with Crippen molar-refractivity contribution in [1.29, 1.82) is 0 Å². The topological polar surface area (TPSA) is 52.6 Å².